The lowest BCUT2D eigenvalue weighted by atomic mass is 10.2. The molecule has 0 aliphatic heterocycles. The van der Waals surface area contributed by atoms with Gasteiger partial charge in [-0.3, -0.25) is 0 Å². The average Bonchev–Trinajstić information content (AvgIpc) is 2.70. The molecular weight excluding hydrogens is 346 g/mol. The Balaban J connectivity index is 1.92. The van der Waals surface area contributed by atoms with Crippen molar-refractivity contribution < 1.29 is 9.47 Å². The Kier molecular flexibility index (Phi) is 6.64. The Morgan fingerprint density at radius 1 is 0.821 bits per heavy atom. The lowest BCUT2D eigenvalue weighted by molar-refractivity contribution is 0.471. The van der Waals surface area contributed by atoms with Crippen LogP contribution in [0.3, 0.4) is 0 Å². The summed E-state index contributed by atoms with van der Waals surface area (Å²) in [5.74, 6) is 2.07. The molecule has 0 aliphatic rings. The van der Waals surface area contributed by atoms with Gasteiger partial charge in [0.15, 0.2) is 0 Å². The van der Waals surface area contributed by atoms with Gasteiger partial charge < -0.3 is 9.47 Å². The molecule has 28 heavy (non-hydrogen) atoms. The van der Waals surface area contributed by atoms with E-state index in [1.165, 1.54) is 5.56 Å². The predicted molar refractivity (Wildman–Crippen MR) is 116 cm³/mol. The smallest absolute Gasteiger partial charge is 0.226 e. The van der Waals surface area contributed by atoms with Crippen LogP contribution >= 0.6 is 0 Å². The van der Waals surface area contributed by atoms with Gasteiger partial charge in [-0.1, -0.05) is 55.0 Å². The zero-order chi connectivity index (χ0) is 19.8. The largest absolute Gasteiger partial charge is 0.465 e. The van der Waals surface area contributed by atoms with Crippen LogP contribution in [0, 0.1) is 13.8 Å². The molecule has 0 N–H and O–H groups in total. The minimum Gasteiger partial charge on any atom is -0.465 e. The maximum absolute atomic E-state index is 6.16. The van der Waals surface area contributed by atoms with Crippen molar-refractivity contribution in [1.29, 1.82) is 0 Å². The van der Waals surface area contributed by atoms with Crippen molar-refractivity contribution in [2.75, 3.05) is 0 Å². The first-order chi connectivity index (χ1) is 13.6. The van der Waals surface area contributed by atoms with Crippen LogP contribution in [0.15, 0.2) is 95.7 Å². The third kappa shape index (κ3) is 5.58. The molecule has 3 aromatic rings. The fourth-order valence-electron chi connectivity index (χ4n) is 2.61. The summed E-state index contributed by atoms with van der Waals surface area (Å²) in [6, 6.07) is 25.7. The number of para-hydroxylation sites is 1. The number of hydrogen-bond donors (Lipinski definition) is 0. The summed E-state index contributed by atoms with van der Waals surface area (Å²) in [6.45, 7) is 6.15. The van der Waals surface area contributed by atoms with E-state index in [0.29, 0.717) is 5.90 Å². The molecule has 0 saturated carbocycles. The van der Waals surface area contributed by atoms with E-state index in [-0.39, 0.29) is 0 Å². The van der Waals surface area contributed by atoms with Crippen molar-refractivity contribution in [2.24, 2.45) is 4.99 Å². The Morgan fingerprint density at radius 3 is 2.25 bits per heavy atom. The minimum absolute atomic E-state index is 0.534. The molecule has 0 heterocycles. The van der Waals surface area contributed by atoms with E-state index >= 15 is 0 Å². The van der Waals surface area contributed by atoms with Crippen LogP contribution in [0.4, 0.5) is 5.69 Å². The standard InChI is InChI=1S/C25H25NO2/c1-4-21(18-27-23-15-13-19(2)14-16-23)25(26-22-10-6-5-7-11-22)28-24-12-8-9-20(3)17-24/h5-18H,4H2,1-3H3/b21-18+,26-25?. The van der Waals surface area contributed by atoms with E-state index in [2.05, 4.69) is 13.8 Å². The molecule has 0 unspecified atom stereocenters. The number of rotatable bonds is 6. The maximum atomic E-state index is 6.16. The monoisotopic (exact) mass is 371 g/mol. The van der Waals surface area contributed by atoms with E-state index < -0.39 is 0 Å². The average molecular weight is 371 g/mol. The lowest BCUT2D eigenvalue weighted by Gasteiger charge is -2.12. The Bertz CT molecular complexity index is 957. The van der Waals surface area contributed by atoms with Crippen molar-refractivity contribution >= 4 is 11.6 Å². The molecule has 0 radical (unpaired) electrons. The Labute approximate surface area is 167 Å². The van der Waals surface area contributed by atoms with Gasteiger partial charge in [0.05, 0.1) is 11.9 Å². The van der Waals surface area contributed by atoms with Gasteiger partial charge in [-0.25, -0.2) is 4.99 Å². The summed E-state index contributed by atoms with van der Waals surface area (Å²) in [5, 5.41) is 0. The van der Waals surface area contributed by atoms with Gasteiger partial charge in [0.25, 0.3) is 0 Å². The first-order valence-electron chi connectivity index (χ1n) is 9.45. The molecule has 3 rings (SSSR count). The lowest BCUT2D eigenvalue weighted by Crippen LogP contribution is -2.12. The van der Waals surface area contributed by atoms with Gasteiger partial charge >= 0.3 is 0 Å². The van der Waals surface area contributed by atoms with Gasteiger partial charge in [0, 0.05) is 5.57 Å². The molecule has 142 valence electrons. The molecule has 0 saturated heterocycles. The highest BCUT2D eigenvalue weighted by atomic mass is 16.5. The van der Waals surface area contributed by atoms with E-state index in [1.807, 2.05) is 85.8 Å². The highest BCUT2D eigenvalue weighted by molar-refractivity contribution is 5.96. The molecule has 3 heteroatoms. The highest BCUT2D eigenvalue weighted by Gasteiger charge is 2.11. The molecule has 3 aromatic carbocycles. The van der Waals surface area contributed by atoms with Crippen molar-refractivity contribution in [3.05, 3.63) is 102 Å². The summed E-state index contributed by atoms with van der Waals surface area (Å²) in [4.78, 5) is 4.73. The van der Waals surface area contributed by atoms with Crippen LogP contribution < -0.4 is 9.47 Å². The number of aliphatic imine (C=N–C) groups is 1. The zero-order valence-electron chi connectivity index (χ0n) is 16.6. The van der Waals surface area contributed by atoms with Gasteiger partial charge in [-0.05, 0) is 62.2 Å². The van der Waals surface area contributed by atoms with E-state index in [1.54, 1.807) is 6.26 Å². The first-order valence-corrected chi connectivity index (χ1v) is 9.45. The molecule has 0 bridgehead atoms. The van der Waals surface area contributed by atoms with Gasteiger partial charge in [-0.15, -0.1) is 0 Å². The van der Waals surface area contributed by atoms with E-state index in [9.17, 15) is 0 Å². The summed E-state index contributed by atoms with van der Waals surface area (Å²) < 4.78 is 12.0. The van der Waals surface area contributed by atoms with Crippen LogP contribution in [-0.4, -0.2) is 5.90 Å². The summed E-state index contributed by atoms with van der Waals surface area (Å²) in [6.07, 6.45) is 2.45. The fourth-order valence-corrected chi connectivity index (χ4v) is 2.61. The maximum Gasteiger partial charge on any atom is 0.226 e. The zero-order valence-corrected chi connectivity index (χ0v) is 16.6. The molecular formula is C25H25NO2. The third-order valence-electron chi connectivity index (χ3n) is 4.20. The molecule has 3 nitrogen and oxygen atoms in total. The molecule has 0 aliphatic carbocycles. The topological polar surface area (TPSA) is 30.8 Å². The highest BCUT2D eigenvalue weighted by Crippen LogP contribution is 2.20. The van der Waals surface area contributed by atoms with Gasteiger partial charge in [0.2, 0.25) is 5.90 Å². The van der Waals surface area contributed by atoms with E-state index in [4.69, 9.17) is 14.5 Å². The number of nitrogens with zero attached hydrogens (tertiary/aromatic N) is 1. The predicted octanol–water partition coefficient (Wildman–Crippen LogP) is 6.79. The number of benzene rings is 3. The molecule has 0 amide bonds. The molecule has 0 spiro atoms. The Hall–Kier alpha value is -3.33. The number of ether oxygens (including phenoxy) is 2. The molecule has 0 atom stereocenters. The normalized spacial score (nSPS) is 12.0. The second-order valence-electron chi connectivity index (χ2n) is 6.60. The summed E-state index contributed by atoms with van der Waals surface area (Å²) >= 11 is 0. The second kappa shape index (κ2) is 9.56. The van der Waals surface area contributed by atoms with Crippen LogP contribution in [0.5, 0.6) is 11.5 Å². The van der Waals surface area contributed by atoms with Crippen LogP contribution in [0.25, 0.3) is 0 Å². The van der Waals surface area contributed by atoms with Crippen LogP contribution in [0.2, 0.25) is 0 Å². The summed E-state index contributed by atoms with van der Waals surface area (Å²) in [7, 11) is 0. The fraction of sp³-hybridized carbons (Fsp3) is 0.160. The SMILES string of the molecule is CC/C(=C\Oc1ccc(C)cc1)C(=Nc1ccccc1)Oc1cccc(C)c1. The van der Waals surface area contributed by atoms with Gasteiger partial charge in [-0.2, -0.15) is 0 Å². The second-order valence-corrected chi connectivity index (χ2v) is 6.60. The van der Waals surface area contributed by atoms with Crippen molar-refractivity contribution in [1.82, 2.24) is 0 Å². The number of aryl methyl sites for hydroxylation is 2. The van der Waals surface area contributed by atoms with E-state index in [0.717, 1.165) is 34.7 Å². The molecule has 0 aromatic heterocycles. The number of hydrogen-bond acceptors (Lipinski definition) is 3. The van der Waals surface area contributed by atoms with Crippen molar-refractivity contribution in [2.45, 2.75) is 27.2 Å². The quantitative estimate of drug-likeness (QED) is 0.271. The molecule has 0 fully saturated rings. The third-order valence-corrected chi connectivity index (χ3v) is 4.20. The van der Waals surface area contributed by atoms with Crippen molar-refractivity contribution in [3.8, 4) is 11.5 Å². The first kappa shape index (κ1) is 19.4. The van der Waals surface area contributed by atoms with Crippen LogP contribution in [-0.2, 0) is 0 Å². The Morgan fingerprint density at radius 2 is 1.57 bits per heavy atom. The van der Waals surface area contributed by atoms with Crippen molar-refractivity contribution in [3.63, 3.8) is 0 Å². The summed E-state index contributed by atoms with van der Waals surface area (Å²) in [5.41, 5.74) is 4.04. The minimum atomic E-state index is 0.534. The van der Waals surface area contributed by atoms with Crippen LogP contribution in [0.1, 0.15) is 24.5 Å². The van der Waals surface area contributed by atoms with Gasteiger partial charge in [0.1, 0.15) is 11.5 Å².